The number of aromatic amines is 1. The van der Waals surface area contributed by atoms with Crippen molar-refractivity contribution in [1.29, 1.82) is 0 Å². The summed E-state index contributed by atoms with van der Waals surface area (Å²) in [5, 5.41) is 7.17. The van der Waals surface area contributed by atoms with Crippen molar-refractivity contribution in [2.45, 2.75) is 39.3 Å². The van der Waals surface area contributed by atoms with Crippen molar-refractivity contribution in [3.05, 3.63) is 57.4 Å². The van der Waals surface area contributed by atoms with Crippen LogP contribution >= 0.6 is 0 Å². The summed E-state index contributed by atoms with van der Waals surface area (Å²) >= 11 is 0. The number of nitrogens with zero attached hydrogens (tertiary/aromatic N) is 4. The van der Waals surface area contributed by atoms with Gasteiger partial charge in [0.15, 0.2) is 0 Å². The standard InChI is InChI=1S/C21H26N6O3/c1-4-14-10-27-19(24-20(14)28)9-15(25-27)11-26-8-7-16(12-26)30-18-6-5-17(21(29)22-3)23-13(18)2/h5-6,9-10,16H,4,7-8,11-12H2,1-3H3,(H,22,29)(H,24,28). The van der Waals surface area contributed by atoms with E-state index in [4.69, 9.17) is 4.74 Å². The van der Waals surface area contributed by atoms with Crippen LogP contribution in [0.15, 0.2) is 29.2 Å². The first kappa shape index (κ1) is 20.1. The predicted molar refractivity (Wildman–Crippen MR) is 112 cm³/mol. The van der Waals surface area contributed by atoms with Crippen molar-refractivity contribution >= 4 is 11.6 Å². The first-order chi connectivity index (χ1) is 14.5. The number of aromatic nitrogens is 4. The molecule has 9 heteroatoms. The van der Waals surface area contributed by atoms with Gasteiger partial charge in [0.25, 0.3) is 11.5 Å². The van der Waals surface area contributed by atoms with E-state index in [1.54, 1.807) is 29.9 Å². The van der Waals surface area contributed by atoms with E-state index in [-0.39, 0.29) is 17.6 Å². The second-order valence-corrected chi connectivity index (χ2v) is 7.55. The predicted octanol–water partition coefficient (Wildman–Crippen LogP) is 1.30. The highest BCUT2D eigenvalue weighted by Crippen LogP contribution is 2.22. The first-order valence-corrected chi connectivity index (χ1v) is 10.2. The van der Waals surface area contributed by atoms with Crippen LogP contribution in [0, 0.1) is 6.92 Å². The fraction of sp³-hybridized carbons (Fsp3) is 0.429. The number of H-pyrrole nitrogens is 1. The minimum atomic E-state index is -0.212. The van der Waals surface area contributed by atoms with Crippen molar-refractivity contribution < 1.29 is 9.53 Å². The Morgan fingerprint density at radius 3 is 2.97 bits per heavy atom. The van der Waals surface area contributed by atoms with Gasteiger partial charge < -0.3 is 15.0 Å². The summed E-state index contributed by atoms with van der Waals surface area (Å²) in [5.74, 6) is 0.489. The third-order valence-electron chi connectivity index (χ3n) is 5.38. The molecular formula is C21H26N6O3. The minimum absolute atomic E-state index is 0.0554. The van der Waals surface area contributed by atoms with Crippen LogP contribution in [0.25, 0.3) is 5.65 Å². The van der Waals surface area contributed by atoms with Crippen LogP contribution in [-0.4, -0.2) is 56.6 Å². The smallest absolute Gasteiger partial charge is 0.269 e. The number of hydrogen-bond donors (Lipinski definition) is 2. The molecule has 4 rings (SSSR count). The normalized spacial score (nSPS) is 16.8. The van der Waals surface area contributed by atoms with Crippen LogP contribution < -0.4 is 15.6 Å². The van der Waals surface area contributed by atoms with Crippen LogP contribution in [0.4, 0.5) is 0 Å². The largest absolute Gasteiger partial charge is 0.487 e. The summed E-state index contributed by atoms with van der Waals surface area (Å²) in [6.45, 7) is 6.17. The highest BCUT2D eigenvalue weighted by atomic mass is 16.5. The van der Waals surface area contributed by atoms with Crippen LogP contribution in [0.1, 0.15) is 40.8 Å². The minimum Gasteiger partial charge on any atom is -0.487 e. The quantitative estimate of drug-likeness (QED) is 0.635. The van der Waals surface area contributed by atoms with E-state index in [1.807, 2.05) is 19.9 Å². The van der Waals surface area contributed by atoms with Crippen molar-refractivity contribution in [2.75, 3.05) is 20.1 Å². The van der Waals surface area contributed by atoms with E-state index < -0.39 is 0 Å². The number of hydrogen-bond acceptors (Lipinski definition) is 6. The van der Waals surface area contributed by atoms with Crippen LogP contribution in [0.5, 0.6) is 5.75 Å². The fourth-order valence-electron chi connectivity index (χ4n) is 3.74. The zero-order valence-corrected chi connectivity index (χ0v) is 17.4. The molecule has 3 aromatic heterocycles. The lowest BCUT2D eigenvalue weighted by Crippen LogP contribution is -2.25. The zero-order chi connectivity index (χ0) is 21.3. The molecule has 30 heavy (non-hydrogen) atoms. The Bertz CT molecular complexity index is 1140. The van der Waals surface area contributed by atoms with E-state index in [2.05, 4.69) is 25.3 Å². The Morgan fingerprint density at radius 1 is 1.40 bits per heavy atom. The summed E-state index contributed by atoms with van der Waals surface area (Å²) in [6.07, 6.45) is 3.43. The number of likely N-dealkylation sites (tertiary alicyclic amines) is 1. The molecule has 0 bridgehead atoms. The monoisotopic (exact) mass is 410 g/mol. The van der Waals surface area contributed by atoms with Gasteiger partial charge in [-0.1, -0.05) is 6.92 Å². The number of fused-ring (bicyclic) bond motifs is 1. The second-order valence-electron chi connectivity index (χ2n) is 7.55. The lowest BCUT2D eigenvalue weighted by molar-refractivity contribution is 0.0957. The van der Waals surface area contributed by atoms with Crippen LogP contribution in [-0.2, 0) is 13.0 Å². The van der Waals surface area contributed by atoms with Gasteiger partial charge in [-0.2, -0.15) is 5.10 Å². The zero-order valence-electron chi connectivity index (χ0n) is 17.4. The van der Waals surface area contributed by atoms with Crippen molar-refractivity contribution in [2.24, 2.45) is 0 Å². The molecule has 1 saturated heterocycles. The van der Waals surface area contributed by atoms with E-state index >= 15 is 0 Å². The van der Waals surface area contributed by atoms with Gasteiger partial charge in [0.2, 0.25) is 0 Å². The van der Waals surface area contributed by atoms with E-state index in [9.17, 15) is 9.59 Å². The molecule has 0 spiro atoms. The Hall–Kier alpha value is -3.20. The Labute approximate surface area is 174 Å². The van der Waals surface area contributed by atoms with Gasteiger partial charge in [-0.05, 0) is 31.9 Å². The fourth-order valence-corrected chi connectivity index (χ4v) is 3.74. The molecule has 4 heterocycles. The topological polar surface area (TPSA) is 105 Å². The summed E-state index contributed by atoms with van der Waals surface area (Å²) in [6, 6.07) is 5.40. The highest BCUT2D eigenvalue weighted by Gasteiger charge is 2.25. The Morgan fingerprint density at radius 2 is 2.23 bits per heavy atom. The number of nitrogens with one attached hydrogen (secondary N) is 2. The van der Waals surface area contributed by atoms with Gasteiger partial charge in [0.1, 0.15) is 23.2 Å². The first-order valence-electron chi connectivity index (χ1n) is 10.2. The SMILES string of the molecule is CCc1cn2nc(CN3CCC(Oc4ccc(C(=O)NC)nc4C)C3)cc2[nH]c1=O. The molecule has 0 radical (unpaired) electrons. The number of carbonyl (C=O) groups is 1. The maximum atomic E-state index is 12.0. The average molecular weight is 410 g/mol. The Kier molecular flexibility index (Phi) is 5.54. The molecule has 0 saturated carbocycles. The van der Waals surface area contributed by atoms with Crippen molar-refractivity contribution in [1.82, 2.24) is 29.8 Å². The third-order valence-corrected chi connectivity index (χ3v) is 5.38. The van der Waals surface area contributed by atoms with Crippen LogP contribution in [0.2, 0.25) is 0 Å². The lowest BCUT2D eigenvalue weighted by Gasteiger charge is -2.17. The number of pyridine rings is 1. The lowest BCUT2D eigenvalue weighted by atomic mass is 10.2. The summed E-state index contributed by atoms with van der Waals surface area (Å²) in [7, 11) is 1.58. The molecule has 1 amide bonds. The summed E-state index contributed by atoms with van der Waals surface area (Å²) < 4.78 is 7.88. The summed E-state index contributed by atoms with van der Waals surface area (Å²) in [5.41, 5.74) is 3.36. The van der Waals surface area contributed by atoms with Crippen LogP contribution in [0.3, 0.4) is 0 Å². The van der Waals surface area contributed by atoms with E-state index in [0.717, 1.165) is 30.8 Å². The number of aryl methyl sites for hydroxylation is 2. The molecule has 1 fully saturated rings. The molecule has 9 nitrogen and oxygen atoms in total. The average Bonchev–Trinajstić information content (AvgIpc) is 3.34. The van der Waals surface area contributed by atoms with E-state index in [0.29, 0.717) is 35.8 Å². The molecule has 1 aliphatic heterocycles. The molecule has 0 aliphatic carbocycles. The van der Waals surface area contributed by atoms with Gasteiger partial charge in [0, 0.05) is 44.5 Å². The molecule has 0 aromatic carbocycles. The molecule has 3 aromatic rings. The number of ether oxygens (including phenoxy) is 1. The molecule has 2 N–H and O–H groups in total. The van der Waals surface area contributed by atoms with Gasteiger partial charge in [-0.15, -0.1) is 0 Å². The number of rotatable bonds is 6. The van der Waals surface area contributed by atoms with Crippen molar-refractivity contribution in [3.63, 3.8) is 0 Å². The second kappa shape index (κ2) is 8.27. The van der Waals surface area contributed by atoms with Gasteiger partial charge in [-0.3, -0.25) is 14.5 Å². The molecule has 158 valence electrons. The van der Waals surface area contributed by atoms with Gasteiger partial charge in [-0.25, -0.2) is 9.50 Å². The third kappa shape index (κ3) is 4.06. The Balaban J connectivity index is 1.40. The summed E-state index contributed by atoms with van der Waals surface area (Å²) in [4.78, 5) is 33.2. The molecule has 1 atom stereocenters. The maximum Gasteiger partial charge on any atom is 0.269 e. The molecular weight excluding hydrogens is 384 g/mol. The van der Waals surface area contributed by atoms with Gasteiger partial charge in [0.05, 0.1) is 11.4 Å². The van der Waals surface area contributed by atoms with E-state index in [1.165, 1.54) is 0 Å². The van der Waals surface area contributed by atoms with Crippen molar-refractivity contribution in [3.8, 4) is 5.75 Å². The highest BCUT2D eigenvalue weighted by molar-refractivity contribution is 5.92. The number of amides is 1. The maximum absolute atomic E-state index is 12.0. The van der Waals surface area contributed by atoms with Gasteiger partial charge >= 0.3 is 0 Å². The molecule has 1 unspecified atom stereocenters. The molecule has 1 aliphatic rings. The number of carbonyl (C=O) groups excluding carboxylic acids is 1.